The zero-order valence-electron chi connectivity index (χ0n) is 8.20. The number of amides is 1. The minimum atomic E-state index is -0.398. The highest BCUT2D eigenvalue weighted by Crippen LogP contribution is 2.17. The Labute approximate surface area is 95.8 Å². The lowest BCUT2D eigenvalue weighted by atomic mass is 10.2. The van der Waals surface area contributed by atoms with Gasteiger partial charge in [-0.15, -0.1) is 11.6 Å². The number of carbonyl (C=O) groups excluding carboxylic acids is 1. The second-order valence-corrected chi connectivity index (χ2v) is 3.46. The summed E-state index contributed by atoms with van der Waals surface area (Å²) >= 11 is 5.37. The van der Waals surface area contributed by atoms with Gasteiger partial charge in [0.25, 0.3) is 0 Å². The van der Waals surface area contributed by atoms with Gasteiger partial charge in [-0.25, -0.2) is 4.79 Å². The molecule has 16 heavy (non-hydrogen) atoms. The van der Waals surface area contributed by atoms with Gasteiger partial charge in [-0.05, 0) is 24.3 Å². The molecule has 0 radical (unpaired) electrons. The number of fused-ring (bicyclic) bond motifs is 1. The van der Waals surface area contributed by atoms with Gasteiger partial charge in [0.1, 0.15) is 11.5 Å². The maximum absolute atomic E-state index is 11.1. The largest absolute Gasteiger partial charge is 0.423 e. The average Bonchev–Trinajstić information content (AvgIpc) is 2.29. The van der Waals surface area contributed by atoms with Gasteiger partial charge in [-0.2, -0.15) is 0 Å². The summed E-state index contributed by atoms with van der Waals surface area (Å²) in [6.07, 6.45) is 0. The van der Waals surface area contributed by atoms with E-state index in [1.807, 2.05) is 0 Å². The third-order valence-electron chi connectivity index (χ3n) is 2.02. The second-order valence-electron chi connectivity index (χ2n) is 3.19. The summed E-state index contributed by atoms with van der Waals surface area (Å²) in [6.45, 7) is 0. The van der Waals surface area contributed by atoms with E-state index in [0.717, 1.165) is 5.39 Å². The molecule has 0 aliphatic carbocycles. The fourth-order valence-corrected chi connectivity index (χ4v) is 1.41. The third-order valence-corrected chi connectivity index (χ3v) is 2.27. The number of rotatable bonds is 2. The highest BCUT2D eigenvalue weighted by Gasteiger charge is 2.02. The van der Waals surface area contributed by atoms with Crippen molar-refractivity contribution in [3.05, 3.63) is 40.8 Å². The summed E-state index contributed by atoms with van der Waals surface area (Å²) in [7, 11) is 0. The van der Waals surface area contributed by atoms with E-state index in [-0.39, 0.29) is 11.8 Å². The van der Waals surface area contributed by atoms with E-state index in [0.29, 0.717) is 11.3 Å². The fraction of sp³-hybridized carbons (Fsp3) is 0.0909. The molecule has 0 bridgehead atoms. The molecule has 1 heterocycles. The normalized spacial score (nSPS) is 10.3. The minimum Gasteiger partial charge on any atom is -0.423 e. The van der Waals surface area contributed by atoms with E-state index in [4.69, 9.17) is 16.0 Å². The molecule has 0 aliphatic rings. The molecule has 1 amide bonds. The standard InChI is InChI=1S/C11H8ClNO3/c12-6-10(14)13-8-2-3-9-7(5-8)1-4-11(15)16-9/h1-5H,6H2,(H,13,14). The van der Waals surface area contributed by atoms with Crippen molar-refractivity contribution < 1.29 is 9.21 Å². The molecule has 0 saturated carbocycles. The van der Waals surface area contributed by atoms with Crippen LogP contribution in [-0.4, -0.2) is 11.8 Å². The molecule has 2 aromatic rings. The van der Waals surface area contributed by atoms with Crippen molar-refractivity contribution in [3.8, 4) is 0 Å². The smallest absolute Gasteiger partial charge is 0.336 e. The Hall–Kier alpha value is -1.81. The van der Waals surface area contributed by atoms with Crippen LogP contribution in [0.5, 0.6) is 0 Å². The molecule has 0 aliphatic heterocycles. The first-order valence-electron chi connectivity index (χ1n) is 4.59. The minimum absolute atomic E-state index is 0.0953. The number of hydrogen-bond acceptors (Lipinski definition) is 3. The fourth-order valence-electron chi connectivity index (χ4n) is 1.34. The van der Waals surface area contributed by atoms with E-state index < -0.39 is 5.63 Å². The molecule has 0 spiro atoms. The maximum Gasteiger partial charge on any atom is 0.336 e. The molecule has 0 unspecified atom stereocenters. The van der Waals surface area contributed by atoms with Crippen LogP contribution in [0.4, 0.5) is 5.69 Å². The number of anilines is 1. The monoisotopic (exact) mass is 237 g/mol. The lowest BCUT2D eigenvalue weighted by molar-refractivity contribution is -0.113. The molecule has 1 aromatic heterocycles. The first-order chi connectivity index (χ1) is 7.69. The number of carbonyl (C=O) groups is 1. The summed E-state index contributed by atoms with van der Waals surface area (Å²) in [4.78, 5) is 22.0. The van der Waals surface area contributed by atoms with Gasteiger partial charge < -0.3 is 9.73 Å². The van der Waals surface area contributed by atoms with Crippen molar-refractivity contribution in [1.82, 2.24) is 0 Å². The second kappa shape index (κ2) is 4.37. The molecule has 0 atom stereocenters. The number of benzene rings is 1. The van der Waals surface area contributed by atoms with Crippen LogP contribution in [0.15, 0.2) is 39.5 Å². The Bertz CT molecular complexity index is 591. The Morgan fingerprint density at radius 2 is 2.12 bits per heavy atom. The number of hydrogen-bond donors (Lipinski definition) is 1. The first-order valence-corrected chi connectivity index (χ1v) is 5.12. The van der Waals surface area contributed by atoms with Crippen molar-refractivity contribution in [2.24, 2.45) is 0 Å². The molecule has 5 heteroatoms. The molecule has 0 fully saturated rings. The molecule has 1 aromatic carbocycles. The van der Waals surface area contributed by atoms with E-state index >= 15 is 0 Å². The van der Waals surface area contributed by atoms with Crippen molar-refractivity contribution in [2.45, 2.75) is 0 Å². The number of halogens is 1. The van der Waals surface area contributed by atoms with Gasteiger partial charge in [-0.3, -0.25) is 4.79 Å². The summed E-state index contributed by atoms with van der Waals surface area (Å²) < 4.78 is 4.95. The molecule has 0 saturated heterocycles. The Morgan fingerprint density at radius 3 is 2.88 bits per heavy atom. The number of nitrogens with one attached hydrogen (secondary N) is 1. The van der Waals surface area contributed by atoms with Gasteiger partial charge >= 0.3 is 5.63 Å². The first kappa shape index (κ1) is 10.7. The summed E-state index contributed by atoms with van der Waals surface area (Å²) in [5.41, 5.74) is 0.702. The Kier molecular flexibility index (Phi) is 2.92. The highest BCUT2D eigenvalue weighted by molar-refractivity contribution is 6.29. The van der Waals surface area contributed by atoms with Crippen molar-refractivity contribution in [3.63, 3.8) is 0 Å². The maximum atomic E-state index is 11.1. The van der Waals surface area contributed by atoms with Crippen LogP contribution >= 0.6 is 11.6 Å². The predicted molar refractivity (Wildman–Crippen MR) is 61.8 cm³/mol. The third kappa shape index (κ3) is 2.23. The van der Waals surface area contributed by atoms with E-state index in [2.05, 4.69) is 5.32 Å². The summed E-state index contributed by atoms with van der Waals surface area (Å²) in [5, 5.41) is 3.35. The van der Waals surface area contributed by atoms with Crippen LogP contribution in [0.1, 0.15) is 0 Å². The molecular weight excluding hydrogens is 230 g/mol. The van der Waals surface area contributed by atoms with Gasteiger partial charge in [0.2, 0.25) is 5.91 Å². The highest BCUT2D eigenvalue weighted by atomic mass is 35.5. The van der Waals surface area contributed by atoms with Gasteiger partial charge in [0.15, 0.2) is 0 Å². The van der Waals surface area contributed by atoms with Gasteiger partial charge in [0, 0.05) is 17.1 Å². The van der Waals surface area contributed by atoms with Crippen molar-refractivity contribution in [2.75, 3.05) is 11.2 Å². The lowest BCUT2D eigenvalue weighted by Gasteiger charge is -2.03. The molecule has 82 valence electrons. The van der Waals surface area contributed by atoms with Gasteiger partial charge in [0.05, 0.1) is 0 Å². The van der Waals surface area contributed by atoms with Crippen molar-refractivity contribution in [1.29, 1.82) is 0 Å². The van der Waals surface area contributed by atoms with Crippen LogP contribution < -0.4 is 10.9 Å². The zero-order valence-corrected chi connectivity index (χ0v) is 8.95. The van der Waals surface area contributed by atoms with Gasteiger partial charge in [-0.1, -0.05) is 0 Å². The lowest BCUT2D eigenvalue weighted by Crippen LogP contribution is -2.12. The predicted octanol–water partition coefficient (Wildman–Crippen LogP) is 1.97. The zero-order chi connectivity index (χ0) is 11.5. The van der Waals surface area contributed by atoms with Crippen LogP contribution in [0.25, 0.3) is 11.0 Å². The van der Waals surface area contributed by atoms with Crippen LogP contribution in [0, 0.1) is 0 Å². The van der Waals surface area contributed by atoms with Crippen LogP contribution in [0.2, 0.25) is 0 Å². The quantitative estimate of drug-likeness (QED) is 0.642. The molecule has 1 N–H and O–H groups in total. The van der Waals surface area contributed by atoms with E-state index in [1.165, 1.54) is 6.07 Å². The number of alkyl halides is 1. The summed E-state index contributed by atoms with van der Waals surface area (Å²) in [6, 6.07) is 7.95. The van der Waals surface area contributed by atoms with E-state index in [1.54, 1.807) is 24.3 Å². The Balaban J connectivity index is 2.40. The average molecular weight is 238 g/mol. The Morgan fingerprint density at radius 1 is 1.31 bits per heavy atom. The molecule has 2 rings (SSSR count). The van der Waals surface area contributed by atoms with Crippen molar-refractivity contribution >= 4 is 34.2 Å². The molecule has 4 nitrogen and oxygen atoms in total. The molecular formula is C11H8ClNO3. The van der Waals surface area contributed by atoms with Crippen LogP contribution in [-0.2, 0) is 4.79 Å². The van der Waals surface area contributed by atoms with Crippen LogP contribution in [0.3, 0.4) is 0 Å². The topological polar surface area (TPSA) is 59.3 Å². The van der Waals surface area contributed by atoms with E-state index in [9.17, 15) is 9.59 Å². The summed E-state index contributed by atoms with van der Waals surface area (Å²) in [5.74, 6) is -0.375. The SMILES string of the molecule is O=C(CCl)Nc1ccc2oc(=O)ccc2c1.